The number of fused-ring (bicyclic) bond motifs is 7. The molecule has 0 N–H and O–H groups in total. The summed E-state index contributed by atoms with van der Waals surface area (Å²) in [4.78, 5) is 2.82. The van der Waals surface area contributed by atoms with Gasteiger partial charge in [0.2, 0.25) is 6.71 Å². The largest absolute Gasteiger partial charge is 0.313 e. The second kappa shape index (κ2) is 6.95. The highest BCUT2D eigenvalue weighted by Gasteiger charge is 2.43. The fourth-order valence-corrected chi connectivity index (χ4v) is 8.36. The first kappa shape index (κ1) is 20.1. The highest BCUT2D eigenvalue weighted by Crippen LogP contribution is 2.41. The third kappa shape index (κ3) is 2.57. The Morgan fingerprint density at radius 3 is 2.54 bits per heavy atom. The topological polar surface area (TPSA) is 4.93 Å². The first-order valence-corrected chi connectivity index (χ1v) is 13.6. The number of rotatable bonds is 1. The molecule has 0 radical (unpaired) electrons. The van der Waals surface area contributed by atoms with Crippen molar-refractivity contribution in [1.82, 2.24) is 4.57 Å². The van der Waals surface area contributed by atoms with E-state index in [0.29, 0.717) is 6.71 Å². The molecule has 1 aliphatic carbocycles. The first-order valence-electron chi connectivity index (χ1n) is 12.8. The van der Waals surface area contributed by atoms with Crippen molar-refractivity contribution in [2.24, 2.45) is 0 Å². The summed E-state index contributed by atoms with van der Waals surface area (Å²) in [6.07, 6.45) is 3.64. The SMILES string of the molecule is CC1(C)c2ccccc2B2c3ccc(-n4c5c(c6ccccc64)CCC5)cc3Sc3cccc1c32. The lowest BCUT2D eigenvalue weighted by Crippen LogP contribution is -2.62. The van der Waals surface area contributed by atoms with Gasteiger partial charge in [0.05, 0.1) is 5.52 Å². The molecule has 3 heteroatoms. The molecular weight excluding hydrogens is 441 g/mol. The van der Waals surface area contributed by atoms with Crippen LogP contribution < -0.4 is 16.4 Å². The molecule has 8 rings (SSSR count). The van der Waals surface area contributed by atoms with Gasteiger partial charge in [0, 0.05) is 32.0 Å². The zero-order valence-corrected chi connectivity index (χ0v) is 21.0. The number of hydrogen-bond donors (Lipinski definition) is 0. The van der Waals surface area contributed by atoms with Crippen molar-refractivity contribution in [2.45, 2.75) is 48.3 Å². The lowest BCUT2D eigenvalue weighted by atomic mass is 9.31. The maximum Gasteiger partial charge on any atom is 0.244 e. The van der Waals surface area contributed by atoms with Crippen LogP contribution in [0.2, 0.25) is 0 Å². The van der Waals surface area contributed by atoms with Crippen LogP contribution in [-0.4, -0.2) is 11.3 Å². The molecule has 0 bridgehead atoms. The number of nitrogens with zero attached hydrogens (tertiary/aromatic N) is 1. The molecule has 0 spiro atoms. The summed E-state index contributed by atoms with van der Waals surface area (Å²) in [6, 6.07) is 32.3. The summed E-state index contributed by atoms with van der Waals surface area (Å²) in [5.74, 6) is 0. The van der Waals surface area contributed by atoms with Gasteiger partial charge in [-0.1, -0.05) is 103 Å². The Hall–Kier alpha value is -3.17. The minimum absolute atomic E-state index is 0.0149. The molecule has 0 unspecified atom stereocenters. The molecule has 35 heavy (non-hydrogen) atoms. The van der Waals surface area contributed by atoms with Crippen LogP contribution >= 0.6 is 11.8 Å². The number of aryl methyl sites for hydroxylation is 1. The third-order valence-corrected chi connectivity index (χ3v) is 9.84. The van der Waals surface area contributed by atoms with Gasteiger partial charge in [-0.2, -0.15) is 0 Å². The van der Waals surface area contributed by atoms with Gasteiger partial charge in [-0.3, -0.25) is 0 Å². The fourth-order valence-electron chi connectivity index (χ4n) is 7.15. The van der Waals surface area contributed by atoms with Crippen LogP contribution in [0.15, 0.2) is 94.7 Å². The highest BCUT2D eigenvalue weighted by atomic mass is 32.2. The smallest absolute Gasteiger partial charge is 0.244 e. The summed E-state index contributed by atoms with van der Waals surface area (Å²) in [5, 5.41) is 1.43. The Balaban J connectivity index is 1.37. The summed E-state index contributed by atoms with van der Waals surface area (Å²) < 4.78 is 2.54. The van der Waals surface area contributed by atoms with Crippen LogP contribution in [0.25, 0.3) is 16.6 Å². The van der Waals surface area contributed by atoms with E-state index in [1.54, 1.807) is 5.56 Å². The molecule has 5 aromatic rings. The summed E-state index contributed by atoms with van der Waals surface area (Å²) in [7, 11) is 0. The van der Waals surface area contributed by atoms with E-state index >= 15 is 0 Å². The van der Waals surface area contributed by atoms with Crippen LogP contribution in [-0.2, 0) is 18.3 Å². The van der Waals surface area contributed by atoms with Crippen LogP contribution in [0.1, 0.15) is 42.7 Å². The lowest BCUT2D eigenvalue weighted by Gasteiger charge is -2.41. The average Bonchev–Trinajstić information content (AvgIpc) is 3.47. The zero-order valence-electron chi connectivity index (χ0n) is 20.1. The summed E-state index contributed by atoms with van der Waals surface area (Å²) in [5.41, 5.74) is 13.1. The quantitative estimate of drug-likeness (QED) is 0.279. The molecule has 2 aliphatic heterocycles. The Kier molecular flexibility index (Phi) is 3.99. The highest BCUT2D eigenvalue weighted by molar-refractivity contribution is 8.00. The van der Waals surface area contributed by atoms with E-state index in [1.807, 2.05) is 11.8 Å². The first-order chi connectivity index (χ1) is 17.1. The van der Waals surface area contributed by atoms with Gasteiger partial charge in [0.15, 0.2) is 0 Å². The van der Waals surface area contributed by atoms with Crippen molar-refractivity contribution >= 4 is 45.8 Å². The molecule has 3 aliphatic rings. The van der Waals surface area contributed by atoms with Crippen molar-refractivity contribution in [3.63, 3.8) is 0 Å². The van der Waals surface area contributed by atoms with Crippen LogP contribution in [0.3, 0.4) is 0 Å². The van der Waals surface area contributed by atoms with E-state index in [-0.39, 0.29) is 5.41 Å². The van der Waals surface area contributed by atoms with E-state index in [9.17, 15) is 0 Å². The van der Waals surface area contributed by atoms with Crippen LogP contribution in [0, 0.1) is 0 Å². The Bertz CT molecular complexity index is 1690. The molecule has 0 saturated heterocycles. The number of benzene rings is 4. The van der Waals surface area contributed by atoms with Crippen molar-refractivity contribution in [3.8, 4) is 5.69 Å². The second-order valence-corrected chi connectivity index (χ2v) is 11.9. The van der Waals surface area contributed by atoms with Crippen molar-refractivity contribution in [3.05, 3.63) is 107 Å². The molecule has 0 saturated carbocycles. The lowest BCUT2D eigenvalue weighted by molar-refractivity contribution is 0.644. The van der Waals surface area contributed by atoms with Gasteiger partial charge in [0.1, 0.15) is 0 Å². The third-order valence-electron chi connectivity index (χ3n) is 8.69. The van der Waals surface area contributed by atoms with E-state index in [0.717, 1.165) is 0 Å². The van der Waals surface area contributed by atoms with E-state index in [1.165, 1.54) is 78.9 Å². The van der Waals surface area contributed by atoms with Crippen molar-refractivity contribution in [1.29, 1.82) is 0 Å². The minimum atomic E-state index is 0.0149. The van der Waals surface area contributed by atoms with Crippen molar-refractivity contribution in [2.75, 3.05) is 0 Å². The van der Waals surface area contributed by atoms with E-state index < -0.39 is 0 Å². The standard InChI is InChI=1S/C32H26BNS/c1-32(2)23-11-4-5-13-25(23)33-26-18-17-20(19-30(26)35-29-16-8-12-24(32)31(29)33)34-27-14-6-3-9-21(27)22-10-7-15-28(22)34/h3-6,8-9,11-14,16-19H,7,10,15H2,1-2H3. The van der Waals surface area contributed by atoms with Gasteiger partial charge in [0.25, 0.3) is 0 Å². The normalized spacial score (nSPS) is 16.6. The molecule has 0 amide bonds. The van der Waals surface area contributed by atoms with Gasteiger partial charge >= 0.3 is 0 Å². The predicted molar refractivity (Wildman–Crippen MR) is 149 cm³/mol. The number of hydrogen-bond acceptors (Lipinski definition) is 1. The second-order valence-electron chi connectivity index (χ2n) is 10.8. The molecule has 4 aromatic carbocycles. The number of para-hydroxylation sites is 1. The average molecular weight is 467 g/mol. The van der Waals surface area contributed by atoms with E-state index in [2.05, 4.69) is 103 Å². The fraction of sp³-hybridized carbons (Fsp3) is 0.188. The molecule has 3 heterocycles. The molecule has 0 fully saturated rings. The molecule has 1 aromatic heterocycles. The van der Waals surface area contributed by atoms with Crippen LogP contribution in [0.4, 0.5) is 0 Å². The van der Waals surface area contributed by atoms with Gasteiger partial charge in [-0.15, -0.1) is 0 Å². The maximum absolute atomic E-state index is 2.54. The summed E-state index contributed by atoms with van der Waals surface area (Å²) >= 11 is 1.96. The maximum atomic E-state index is 2.54. The Labute approximate surface area is 211 Å². The van der Waals surface area contributed by atoms with Gasteiger partial charge < -0.3 is 4.57 Å². The minimum Gasteiger partial charge on any atom is -0.313 e. The Morgan fingerprint density at radius 2 is 1.60 bits per heavy atom. The number of aromatic nitrogens is 1. The molecule has 0 atom stereocenters. The Morgan fingerprint density at radius 1 is 0.771 bits per heavy atom. The molecular formula is C32H26BNS. The van der Waals surface area contributed by atoms with E-state index in [4.69, 9.17) is 0 Å². The van der Waals surface area contributed by atoms with Gasteiger partial charge in [-0.25, -0.2) is 0 Å². The van der Waals surface area contributed by atoms with Gasteiger partial charge in [-0.05, 0) is 60.2 Å². The monoisotopic (exact) mass is 467 g/mol. The summed E-state index contributed by atoms with van der Waals surface area (Å²) in [6.45, 7) is 5.08. The van der Waals surface area contributed by atoms with Crippen LogP contribution in [0.5, 0.6) is 0 Å². The predicted octanol–water partition coefficient (Wildman–Crippen LogP) is 5.74. The molecule has 1 nitrogen and oxygen atoms in total. The zero-order chi connectivity index (χ0) is 23.3. The van der Waals surface area contributed by atoms with Crippen molar-refractivity contribution < 1.29 is 0 Å². The molecule has 168 valence electrons.